The Hall–Kier alpha value is -2.63. The molecule has 0 aliphatic carbocycles. The highest BCUT2D eigenvalue weighted by atomic mass is 35.5. The van der Waals surface area contributed by atoms with Crippen molar-refractivity contribution in [2.24, 2.45) is 0 Å². The van der Waals surface area contributed by atoms with Crippen LogP contribution < -0.4 is 0 Å². The van der Waals surface area contributed by atoms with Gasteiger partial charge in [0.1, 0.15) is 5.70 Å². The Morgan fingerprint density at radius 2 is 1.65 bits per heavy atom. The van der Waals surface area contributed by atoms with Gasteiger partial charge >= 0.3 is 0 Å². The Kier molecular flexibility index (Phi) is 6.17. The van der Waals surface area contributed by atoms with E-state index in [-0.39, 0.29) is 18.4 Å². The van der Waals surface area contributed by atoms with Crippen LogP contribution in [0, 0.1) is 13.8 Å². The standard InChI is InChI=1S/C25H28ClN3O2/c1-4-27-11-13-28(14-12-27)23-22(20-10-9-17(2)15-18(20)3)24(30)29(25(23)31)16-19-7-5-6-8-21(19)26/h5-10,15H,4,11-14,16H2,1-3H3. The van der Waals surface area contributed by atoms with Gasteiger partial charge in [0, 0.05) is 31.2 Å². The molecule has 0 saturated carbocycles. The molecule has 1 saturated heterocycles. The molecule has 5 nitrogen and oxygen atoms in total. The first-order valence-corrected chi connectivity index (χ1v) is 11.2. The minimum Gasteiger partial charge on any atom is -0.364 e. The summed E-state index contributed by atoms with van der Waals surface area (Å²) < 4.78 is 0. The first kappa shape index (κ1) is 21.6. The van der Waals surface area contributed by atoms with Crippen molar-refractivity contribution in [3.63, 3.8) is 0 Å². The molecule has 0 aromatic heterocycles. The SMILES string of the molecule is CCN1CCN(C2=C(c3ccc(C)cc3C)C(=O)N(Cc3ccccc3Cl)C2=O)CC1. The van der Waals surface area contributed by atoms with Crippen molar-refractivity contribution in [1.29, 1.82) is 0 Å². The van der Waals surface area contributed by atoms with Gasteiger partial charge in [0.15, 0.2) is 0 Å². The molecule has 2 aliphatic heterocycles. The topological polar surface area (TPSA) is 43.9 Å². The third-order valence-corrected chi connectivity index (χ3v) is 6.59. The lowest BCUT2D eigenvalue weighted by atomic mass is 9.97. The zero-order valence-corrected chi connectivity index (χ0v) is 19.1. The second kappa shape index (κ2) is 8.85. The molecule has 31 heavy (non-hydrogen) atoms. The quantitative estimate of drug-likeness (QED) is 0.666. The normalized spacial score (nSPS) is 17.8. The van der Waals surface area contributed by atoms with Crippen LogP contribution in [0.25, 0.3) is 5.57 Å². The number of carbonyl (C=O) groups excluding carboxylic acids is 2. The van der Waals surface area contributed by atoms with E-state index >= 15 is 0 Å². The molecule has 0 spiro atoms. The summed E-state index contributed by atoms with van der Waals surface area (Å²) in [4.78, 5) is 33.0. The van der Waals surface area contributed by atoms with E-state index in [1.54, 1.807) is 6.07 Å². The number of halogens is 1. The van der Waals surface area contributed by atoms with E-state index < -0.39 is 0 Å². The van der Waals surface area contributed by atoms with Crippen LogP contribution >= 0.6 is 11.6 Å². The predicted octanol–water partition coefficient (Wildman–Crippen LogP) is 3.87. The highest BCUT2D eigenvalue weighted by Crippen LogP contribution is 2.35. The zero-order chi connectivity index (χ0) is 22.1. The molecule has 0 radical (unpaired) electrons. The number of benzene rings is 2. The summed E-state index contributed by atoms with van der Waals surface area (Å²) in [5.74, 6) is -0.477. The number of imide groups is 1. The van der Waals surface area contributed by atoms with Crippen molar-refractivity contribution in [2.75, 3.05) is 32.7 Å². The van der Waals surface area contributed by atoms with Gasteiger partial charge in [-0.25, -0.2) is 0 Å². The molecule has 0 N–H and O–H groups in total. The van der Waals surface area contributed by atoms with Gasteiger partial charge < -0.3 is 9.80 Å². The van der Waals surface area contributed by atoms with Crippen molar-refractivity contribution in [1.82, 2.24) is 14.7 Å². The zero-order valence-electron chi connectivity index (χ0n) is 18.3. The van der Waals surface area contributed by atoms with Gasteiger partial charge in [-0.15, -0.1) is 0 Å². The van der Waals surface area contributed by atoms with Crippen molar-refractivity contribution in [3.8, 4) is 0 Å². The van der Waals surface area contributed by atoms with E-state index in [2.05, 4.69) is 22.8 Å². The lowest BCUT2D eigenvalue weighted by molar-refractivity contribution is -0.138. The van der Waals surface area contributed by atoms with Crippen LogP contribution in [0.4, 0.5) is 0 Å². The fourth-order valence-electron chi connectivity index (χ4n) is 4.42. The molecule has 2 aliphatic rings. The largest absolute Gasteiger partial charge is 0.364 e. The van der Waals surface area contributed by atoms with E-state index in [9.17, 15) is 9.59 Å². The van der Waals surface area contributed by atoms with Crippen molar-refractivity contribution < 1.29 is 9.59 Å². The second-order valence-corrected chi connectivity index (χ2v) is 8.66. The van der Waals surface area contributed by atoms with Crippen LogP contribution in [0.2, 0.25) is 5.02 Å². The summed E-state index contributed by atoms with van der Waals surface area (Å²) in [6.07, 6.45) is 0. The molecule has 6 heteroatoms. The Morgan fingerprint density at radius 3 is 2.29 bits per heavy atom. The highest BCUT2D eigenvalue weighted by Gasteiger charge is 2.42. The van der Waals surface area contributed by atoms with Gasteiger partial charge in [0.2, 0.25) is 0 Å². The van der Waals surface area contributed by atoms with Crippen LogP contribution in [0.15, 0.2) is 48.2 Å². The number of amides is 2. The van der Waals surface area contributed by atoms with Gasteiger partial charge in [0.25, 0.3) is 11.8 Å². The Morgan fingerprint density at radius 1 is 0.935 bits per heavy atom. The predicted molar refractivity (Wildman–Crippen MR) is 124 cm³/mol. The lowest BCUT2D eigenvalue weighted by Crippen LogP contribution is -2.47. The summed E-state index contributed by atoms with van der Waals surface area (Å²) in [5, 5.41) is 0.557. The number of hydrogen-bond donors (Lipinski definition) is 0. The third-order valence-electron chi connectivity index (χ3n) is 6.22. The maximum absolute atomic E-state index is 13.6. The summed E-state index contributed by atoms with van der Waals surface area (Å²) in [5.41, 5.74) is 4.77. The Balaban J connectivity index is 1.75. The first-order valence-electron chi connectivity index (χ1n) is 10.8. The van der Waals surface area contributed by atoms with Crippen LogP contribution in [-0.2, 0) is 16.1 Å². The van der Waals surface area contributed by atoms with Crippen LogP contribution in [0.1, 0.15) is 29.2 Å². The molecule has 2 heterocycles. The van der Waals surface area contributed by atoms with Gasteiger partial charge in [-0.05, 0) is 43.1 Å². The Labute approximate surface area is 188 Å². The molecule has 0 atom stereocenters. The number of aryl methyl sites for hydroxylation is 2. The molecule has 2 aromatic carbocycles. The monoisotopic (exact) mass is 437 g/mol. The van der Waals surface area contributed by atoms with Crippen LogP contribution in [0.3, 0.4) is 0 Å². The number of piperazine rings is 1. The van der Waals surface area contributed by atoms with Gasteiger partial charge in [0.05, 0.1) is 12.1 Å². The second-order valence-electron chi connectivity index (χ2n) is 8.25. The minimum atomic E-state index is -0.246. The number of nitrogens with zero attached hydrogens (tertiary/aromatic N) is 3. The van der Waals surface area contributed by atoms with Crippen molar-refractivity contribution in [2.45, 2.75) is 27.3 Å². The van der Waals surface area contributed by atoms with E-state index in [0.29, 0.717) is 16.3 Å². The van der Waals surface area contributed by atoms with Crippen LogP contribution in [-0.4, -0.2) is 59.2 Å². The fraction of sp³-hybridized carbons (Fsp3) is 0.360. The highest BCUT2D eigenvalue weighted by molar-refractivity contribution is 6.36. The fourth-order valence-corrected chi connectivity index (χ4v) is 4.62. The molecule has 4 rings (SSSR count). The van der Waals surface area contributed by atoms with Crippen molar-refractivity contribution >= 4 is 29.0 Å². The Bertz CT molecular complexity index is 1050. The van der Waals surface area contributed by atoms with Gasteiger partial charge in [-0.3, -0.25) is 14.5 Å². The number of rotatable bonds is 5. The third kappa shape index (κ3) is 4.12. The van der Waals surface area contributed by atoms with E-state index in [1.807, 2.05) is 44.2 Å². The summed E-state index contributed by atoms with van der Waals surface area (Å²) >= 11 is 6.33. The van der Waals surface area contributed by atoms with Gasteiger partial charge in [-0.2, -0.15) is 0 Å². The number of hydrogen-bond acceptors (Lipinski definition) is 4. The molecular weight excluding hydrogens is 410 g/mol. The molecule has 1 fully saturated rings. The number of likely N-dealkylation sites (N-methyl/N-ethyl adjacent to an activating group) is 1. The smallest absolute Gasteiger partial charge is 0.278 e. The molecule has 0 bridgehead atoms. The van der Waals surface area contributed by atoms with E-state index in [1.165, 1.54) is 4.90 Å². The maximum atomic E-state index is 13.6. The van der Waals surface area contributed by atoms with E-state index in [4.69, 9.17) is 11.6 Å². The summed E-state index contributed by atoms with van der Waals surface area (Å²) in [7, 11) is 0. The number of carbonyl (C=O) groups is 2. The van der Waals surface area contributed by atoms with Crippen molar-refractivity contribution in [3.05, 3.63) is 75.4 Å². The molecule has 2 aromatic rings. The molecule has 0 unspecified atom stereocenters. The molecule has 162 valence electrons. The summed E-state index contributed by atoms with van der Waals surface area (Å²) in [6, 6.07) is 13.4. The average molecular weight is 438 g/mol. The average Bonchev–Trinajstić information content (AvgIpc) is 3.00. The minimum absolute atomic E-state index is 0.171. The van der Waals surface area contributed by atoms with E-state index in [0.717, 1.165) is 55.0 Å². The lowest BCUT2D eigenvalue weighted by Gasteiger charge is -2.36. The maximum Gasteiger partial charge on any atom is 0.278 e. The summed E-state index contributed by atoms with van der Waals surface area (Å²) in [6.45, 7) is 10.6. The first-order chi connectivity index (χ1) is 14.9. The van der Waals surface area contributed by atoms with Crippen LogP contribution in [0.5, 0.6) is 0 Å². The molecular formula is C25H28ClN3O2. The van der Waals surface area contributed by atoms with Gasteiger partial charge in [-0.1, -0.05) is 60.5 Å². The molecule has 2 amide bonds.